The predicted molar refractivity (Wildman–Crippen MR) is 144 cm³/mol. The normalized spacial score (nSPS) is 18.8. The average Bonchev–Trinajstić information content (AvgIpc) is 3.54. The summed E-state index contributed by atoms with van der Waals surface area (Å²) in [6, 6.07) is 13.3. The molecule has 3 amide bonds. The number of carbonyl (C=O) groups excluding carboxylic acids is 3. The minimum absolute atomic E-state index is 0.0364. The van der Waals surface area contributed by atoms with Crippen molar-refractivity contribution >= 4 is 35.0 Å². The Labute approximate surface area is 237 Å². The molecule has 3 N–H and O–H groups in total. The number of fused-ring (bicyclic) bond motifs is 3. The van der Waals surface area contributed by atoms with Gasteiger partial charge in [0.05, 0.1) is 11.6 Å². The quantitative estimate of drug-likeness (QED) is 0.370. The molecule has 0 radical (unpaired) electrons. The van der Waals surface area contributed by atoms with Crippen LogP contribution in [0.2, 0.25) is 0 Å². The first-order chi connectivity index (χ1) is 19.5. The van der Waals surface area contributed by atoms with Crippen molar-refractivity contribution in [3.63, 3.8) is 0 Å². The van der Waals surface area contributed by atoms with E-state index in [1.54, 1.807) is 36.4 Å². The summed E-state index contributed by atoms with van der Waals surface area (Å²) in [6.07, 6.45) is -3.78. The highest BCUT2D eigenvalue weighted by atomic mass is 32.1. The second-order valence-corrected chi connectivity index (χ2v) is 11.1. The molecule has 0 spiro atoms. The summed E-state index contributed by atoms with van der Waals surface area (Å²) in [5.41, 5.74) is 0.695. The van der Waals surface area contributed by atoms with Crippen LogP contribution >= 0.6 is 11.3 Å². The van der Waals surface area contributed by atoms with Gasteiger partial charge in [-0.2, -0.15) is 13.2 Å². The molecule has 0 aliphatic carbocycles. The van der Waals surface area contributed by atoms with E-state index in [9.17, 15) is 32.3 Å². The highest BCUT2D eigenvalue weighted by Crippen LogP contribution is 2.48. The number of rotatable bonds is 8. The number of nitrogens with zero attached hydrogens (tertiary/aromatic N) is 1. The molecule has 12 heteroatoms. The number of carbonyl (C=O) groups is 4. The van der Waals surface area contributed by atoms with E-state index in [1.165, 1.54) is 34.4 Å². The Morgan fingerprint density at radius 3 is 2.49 bits per heavy atom. The van der Waals surface area contributed by atoms with Crippen molar-refractivity contribution in [2.75, 3.05) is 6.54 Å². The van der Waals surface area contributed by atoms with Crippen LogP contribution in [-0.4, -0.2) is 52.3 Å². The summed E-state index contributed by atoms with van der Waals surface area (Å²) >= 11 is 1.20. The SMILES string of the molecule is O=C(O)CNC(=O)[C@H](Cc1ccccc1)NC(=O)[C@@H]1Cc2cc(-c3ccccc3C(F)(F)F)sc2[C@H]2CCC(=O)N21. The van der Waals surface area contributed by atoms with E-state index in [0.717, 1.165) is 16.5 Å². The molecule has 5 rings (SSSR count). The average molecular weight is 586 g/mol. The maximum absolute atomic E-state index is 13.7. The van der Waals surface area contributed by atoms with Gasteiger partial charge in [0.2, 0.25) is 17.7 Å². The van der Waals surface area contributed by atoms with Gasteiger partial charge in [-0.3, -0.25) is 19.2 Å². The van der Waals surface area contributed by atoms with Gasteiger partial charge < -0.3 is 20.6 Å². The Hall–Kier alpha value is -4.19. The van der Waals surface area contributed by atoms with Crippen molar-refractivity contribution in [3.8, 4) is 10.4 Å². The van der Waals surface area contributed by atoms with Crippen molar-refractivity contribution in [2.24, 2.45) is 0 Å². The van der Waals surface area contributed by atoms with Crippen LogP contribution in [0.4, 0.5) is 13.2 Å². The van der Waals surface area contributed by atoms with Crippen molar-refractivity contribution in [3.05, 3.63) is 82.2 Å². The van der Waals surface area contributed by atoms with Crippen molar-refractivity contribution in [1.82, 2.24) is 15.5 Å². The Morgan fingerprint density at radius 2 is 1.78 bits per heavy atom. The number of thiophene rings is 1. The molecule has 3 aromatic rings. The number of hydrogen-bond acceptors (Lipinski definition) is 5. The van der Waals surface area contributed by atoms with Gasteiger partial charge in [0, 0.05) is 34.6 Å². The third-order valence-corrected chi connectivity index (χ3v) is 8.59. The number of aliphatic carboxylic acids is 1. The molecular formula is C29H26F3N3O5S. The Bertz CT molecular complexity index is 1490. The molecule has 3 atom stereocenters. The van der Waals surface area contributed by atoms with Crippen molar-refractivity contribution in [2.45, 2.75) is 50.0 Å². The lowest BCUT2D eigenvalue weighted by molar-refractivity contribution is -0.141. The fourth-order valence-corrected chi connectivity index (χ4v) is 6.82. The Balaban J connectivity index is 1.44. The molecule has 214 valence electrons. The second kappa shape index (κ2) is 11.4. The molecule has 41 heavy (non-hydrogen) atoms. The minimum Gasteiger partial charge on any atom is -0.480 e. The first-order valence-electron chi connectivity index (χ1n) is 13.0. The maximum atomic E-state index is 13.7. The molecule has 2 aliphatic rings. The van der Waals surface area contributed by atoms with Gasteiger partial charge in [0.25, 0.3) is 0 Å². The van der Waals surface area contributed by atoms with Crippen LogP contribution in [-0.2, 0) is 38.2 Å². The smallest absolute Gasteiger partial charge is 0.417 e. The molecule has 8 nitrogen and oxygen atoms in total. The van der Waals surface area contributed by atoms with Crippen LogP contribution in [0.15, 0.2) is 60.7 Å². The lowest BCUT2D eigenvalue weighted by atomic mass is 9.93. The summed E-state index contributed by atoms with van der Waals surface area (Å²) in [5.74, 6) is -2.77. The number of amides is 3. The first kappa shape index (κ1) is 28.3. The van der Waals surface area contributed by atoms with Crippen LogP contribution in [0.1, 0.15) is 40.5 Å². The standard InChI is InChI=1S/C29H26F3N3O5S/c30-29(31,32)19-9-5-4-8-18(19)23-14-17-13-22(35-21(26(17)41-23)10-11-24(35)36)28(40)34-20(27(39)33-15-25(37)38)12-16-6-2-1-3-7-16/h1-9,14,20-22H,10-13,15H2,(H,33,39)(H,34,40)(H,37,38)/t20-,21+,22-/m0/s1. The summed E-state index contributed by atoms with van der Waals surface area (Å²) in [4.78, 5) is 53.1. The van der Waals surface area contributed by atoms with Crippen LogP contribution in [0, 0.1) is 0 Å². The monoisotopic (exact) mass is 585 g/mol. The zero-order chi connectivity index (χ0) is 29.3. The first-order valence-corrected chi connectivity index (χ1v) is 13.8. The van der Waals surface area contributed by atoms with Gasteiger partial charge >= 0.3 is 12.1 Å². The molecule has 0 bridgehead atoms. The second-order valence-electron chi connectivity index (χ2n) is 9.98. The summed E-state index contributed by atoms with van der Waals surface area (Å²) in [7, 11) is 0. The number of nitrogens with one attached hydrogen (secondary N) is 2. The van der Waals surface area contributed by atoms with Gasteiger partial charge in [-0.15, -0.1) is 11.3 Å². The van der Waals surface area contributed by atoms with E-state index in [0.29, 0.717) is 16.9 Å². The molecule has 2 aromatic carbocycles. The number of benzene rings is 2. The van der Waals surface area contributed by atoms with E-state index < -0.39 is 54.2 Å². The predicted octanol–water partition coefficient (Wildman–Crippen LogP) is 3.95. The van der Waals surface area contributed by atoms with Gasteiger partial charge in [0.15, 0.2) is 0 Å². The van der Waals surface area contributed by atoms with Crippen LogP contribution in [0.5, 0.6) is 0 Å². The Morgan fingerprint density at radius 1 is 1.07 bits per heavy atom. The molecule has 0 unspecified atom stereocenters. The van der Waals surface area contributed by atoms with Crippen LogP contribution < -0.4 is 10.6 Å². The lowest BCUT2D eigenvalue weighted by Gasteiger charge is -2.37. The van der Waals surface area contributed by atoms with Crippen LogP contribution in [0.25, 0.3) is 10.4 Å². The number of halogens is 3. The topological polar surface area (TPSA) is 116 Å². The third-order valence-electron chi connectivity index (χ3n) is 7.28. The highest BCUT2D eigenvalue weighted by Gasteiger charge is 2.46. The highest BCUT2D eigenvalue weighted by molar-refractivity contribution is 7.15. The Kier molecular flexibility index (Phi) is 7.85. The van der Waals surface area contributed by atoms with Gasteiger partial charge in [-0.05, 0) is 29.7 Å². The van der Waals surface area contributed by atoms with E-state index in [2.05, 4.69) is 10.6 Å². The fraction of sp³-hybridized carbons (Fsp3) is 0.310. The largest absolute Gasteiger partial charge is 0.480 e. The molecule has 1 fully saturated rings. The molecular weight excluding hydrogens is 559 g/mol. The van der Waals surface area contributed by atoms with Gasteiger partial charge in [0.1, 0.15) is 18.6 Å². The third kappa shape index (κ3) is 5.97. The van der Waals surface area contributed by atoms with E-state index in [1.807, 2.05) is 0 Å². The summed E-state index contributed by atoms with van der Waals surface area (Å²) in [6.45, 7) is -0.628. The molecule has 2 aliphatic heterocycles. The number of hydrogen-bond donors (Lipinski definition) is 3. The van der Waals surface area contributed by atoms with Crippen molar-refractivity contribution < 1.29 is 37.5 Å². The summed E-state index contributed by atoms with van der Waals surface area (Å²) < 4.78 is 41.2. The number of carboxylic acid groups (broad SMARTS) is 1. The summed E-state index contributed by atoms with van der Waals surface area (Å²) in [5, 5.41) is 14.0. The van der Waals surface area contributed by atoms with Crippen LogP contribution in [0.3, 0.4) is 0 Å². The van der Waals surface area contributed by atoms with Gasteiger partial charge in [-0.25, -0.2) is 0 Å². The molecule has 1 saturated heterocycles. The van der Waals surface area contributed by atoms with E-state index in [-0.39, 0.29) is 30.7 Å². The fourth-order valence-electron chi connectivity index (χ4n) is 5.45. The minimum atomic E-state index is -4.55. The zero-order valence-electron chi connectivity index (χ0n) is 21.6. The maximum Gasteiger partial charge on any atom is 0.417 e. The number of carboxylic acids is 1. The van der Waals surface area contributed by atoms with Gasteiger partial charge in [-0.1, -0.05) is 48.5 Å². The number of alkyl halides is 3. The zero-order valence-corrected chi connectivity index (χ0v) is 22.4. The van der Waals surface area contributed by atoms with E-state index in [4.69, 9.17) is 5.11 Å². The molecule has 1 aromatic heterocycles. The lowest BCUT2D eigenvalue weighted by Crippen LogP contribution is -2.57. The van der Waals surface area contributed by atoms with Crippen molar-refractivity contribution in [1.29, 1.82) is 0 Å². The molecule has 0 saturated carbocycles. The van der Waals surface area contributed by atoms with E-state index >= 15 is 0 Å². The molecule has 3 heterocycles.